The van der Waals surface area contributed by atoms with E-state index in [1.165, 1.54) is 5.57 Å². The molecule has 6 heteroatoms. The van der Waals surface area contributed by atoms with E-state index in [-0.39, 0.29) is 11.8 Å². The highest BCUT2D eigenvalue weighted by Gasteiger charge is 2.22. The van der Waals surface area contributed by atoms with Gasteiger partial charge in [-0.25, -0.2) is 8.78 Å². The molecule has 1 saturated heterocycles. The molecule has 1 heterocycles. The zero-order valence-corrected chi connectivity index (χ0v) is 15.6. The van der Waals surface area contributed by atoms with Crippen LogP contribution >= 0.6 is 0 Å². The molecule has 3 rings (SSSR count). The van der Waals surface area contributed by atoms with Gasteiger partial charge in [0.05, 0.1) is 13.2 Å². The second-order valence-electron chi connectivity index (χ2n) is 7.37. The zero-order valence-electron chi connectivity index (χ0n) is 15.6. The SMILES string of the molecule is O=C(NCC(F)F)C1CC=C(c2ccc(OCC3CCNCC3)cc2)CC1. The van der Waals surface area contributed by atoms with Crippen LogP contribution in [0.2, 0.25) is 0 Å². The van der Waals surface area contributed by atoms with Crippen LogP contribution in [0.5, 0.6) is 5.75 Å². The number of amides is 1. The maximum absolute atomic E-state index is 12.2. The number of hydrogen-bond acceptors (Lipinski definition) is 3. The highest BCUT2D eigenvalue weighted by Crippen LogP contribution is 2.31. The first-order valence-electron chi connectivity index (χ1n) is 9.80. The number of allylic oxidation sites excluding steroid dienone is 2. The topological polar surface area (TPSA) is 50.4 Å². The van der Waals surface area contributed by atoms with Crippen molar-refractivity contribution in [3.05, 3.63) is 35.9 Å². The van der Waals surface area contributed by atoms with Gasteiger partial charge in [0.25, 0.3) is 6.43 Å². The van der Waals surface area contributed by atoms with Gasteiger partial charge in [-0.1, -0.05) is 18.2 Å². The number of alkyl halides is 2. The normalized spacial score (nSPS) is 21.0. The zero-order chi connectivity index (χ0) is 19.1. The Labute approximate surface area is 159 Å². The molecule has 1 amide bonds. The summed E-state index contributed by atoms with van der Waals surface area (Å²) in [6.45, 7) is 2.34. The number of carbonyl (C=O) groups is 1. The molecular weight excluding hydrogens is 350 g/mol. The van der Waals surface area contributed by atoms with E-state index in [4.69, 9.17) is 4.74 Å². The van der Waals surface area contributed by atoms with E-state index in [0.29, 0.717) is 18.8 Å². The summed E-state index contributed by atoms with van der Waals surface area (Å²) in [4.78, 5) is 11.9. The molecule has 1 aromatic rings. The number of nitrogens with one attached hydrogen (secondary N) is 2. The van der Waals surface area contributed by atoms with Gasteiger partial charge in [-0.2, -0.15) is 0 Å². The van der Waals surface area contributed by atoms with Gasteiger partial charge in [0.2, 0.25) is 5.91 Å². The van der Waals surface area contributed by atoms with Crippen molar-refractivity contribution in [1.29, 1.82) is 0 Å². The lowest BCUT2D eigenvalue weighted by Crippen LogP contribution is -2.34. The smallest absolute Gasteiger partial charge is 0.255 e. The molecule has 1 aromatic carbocycles. The molecule has 2 N–H and O–H groups in total. The number of halogens is 2. The predicted octanol–water partition coefficient (Wildman–Crippen LogP) is 3.63. The Balaban J connectivity index is 1.48. The van der Waals surface area contributed by atoms with Gasteiger partial charge in [-0.3, -0.25) is 4.79 Å². The van der Waals surface area contributed by atoms with Gasteiger partial charge in [-0.15, -0.1) is 0 Å². The standard InChI is InChI=1S/C21H28F2N2O2/c22-20(23)13-25-21(26)18-3-1-16(2-4-18)17-5-7-19(8-6-17)27-14-15-9-11-24-12-10-15/h1,5-8,15,18,20,24H,2-4,9-14H2,(H,25,26). The Kier molecular flexibility index (Phi) is 7.21. The molecule has 1 unspecified atom stereocenters. The minimum atomic E-state index is -2.50. The van der Waals surface area contributed by atoms with Crippen molar-refractivity contribution in [2.75, 3.05) is 26.2 Å². The van der Waals surface area contributed by atoms with Gasteiger partial charge in [0.15, 0.2) is 0 Å². The van der Waals surface area contributed by atoms with Crippen LogP contribution in [0, 0.1) is 11.8 Å². The molecule has 1 aliphatic heterocycles. The lowest BCUT2D eigenvalue weighted by Gasteiger charge is -2.23. The van der Waals surface area contributed by atoms with Gasteiger partial charge in [0, 0.05) is 5.92 Å². The average molecular weight is 378 g/mol. The number of piperidine rings is 1. The number of carbonyl (C=O) groups excluding carboxylic acids is 1. The molecule has 1 fully saturated rings. The highest BCUT2D eigenvalue weighted by molar-refractivity contribution is 5.80. The summed E-state index contributed by atoms with van der Waals surface area (Å²) in [6.07, 6.45) is 3.95. The molecule has 27 heavy (non-hydrogen) atoms. The van der Waals surface area contributed by atoms with Crippen molar-refractivity contribution in [1.82, 2.24) is 10.6 Å². The molecule has 0 bridgehead atoms. The number of hydrogen-bond donors (Lipinski definition) is 2. The van der Waals surface area contributed by atoms with Crippen LogP contribution in [0.3, 0.4) is 0 Å². The van der Waals surface area contributed by atoms with Crippen LogP contribution in [0.4, 0.5) is 8.78 Å². The van der Waals surface area contributed by atoms with Crippen molar-refractivity contribution in [2.24, 2.45) is 11.8 Å². The Bertz CT molecular complexity index is 640. The summed E-state index contributed by atoms with van der Waals surface area (Å²) in [5, 5.41) is 5.67. The van der Waals surface area contributed by atoms with Gasteiger partial charge in [0.1, 0.15) is 5.75 Å². The molecule has 0 spiro atoms. The van der Waals surface area contributed by atoms with Crippen LogP contribution in [0.1, 0.15) is 37.7 Å². The second-order valence-corrected chi connectivity index (χ2v) is 7.37. The first-order valence-corrected chi connectivity index (χ1v) is 9.80. The summed E-state index contributed by atoms with van der Waals surface area (Å²) >= 11 is 0. The van der Waals surface area contributed by atoms with E-state index in [0.717, 1.165) is 50.3 Å². The Hall–Kier alpha value is -1.95. The van der Waals surface area contributed by atoms with Crippen molar-refractivity contribution < 1.29 is 18.3 Å². The van der Waals surface area contributed by atoms with E-state index >= 15 is 0 Å². The lowest BCUT2D eigenvalue weighted by molar-refractivity contribution is -0.125. The number of rotatable bonds is 7. The van der Waals surface area contributed by atoms with Crippen molar-refractivity contribution >= 4 is 11.5 Å². The van der Waals surface area contributed by atoms with Crippen LogP contribution in [-0.4, -0.2) is 38.6 Å². The maximum atomic E-state index is 12.2. The molecule has 148 valence electrons. The Morgan fingerprint density at radius 2 is 1.93 bits per heavy atom. The van der Waals surface area contributed by atoms with E-state index in [2.05, 4.69) is 28.8 Å². The Morgan fingerprint density at radius 3 is 2.56 bits per heavy atom. The van der Waals surface area contributed by atoms with E-state index < -0.39 is 13.0 Å². The van der Waals surface area contributed by atoms with Crippen LogP contribution in [0.15, 0.2) is 30.3 Å². The minimum Gasteiger partial charge on any atom is -0.493 e. The lowest BCUT2D eigenvalue weighted by atomic mass is 9.86. The van der Waals surface area contributed by atoms with E-state index in [9.17, 15) is 13.6 Å². The number of ether oxygens (including phenoxy) is 1. The summed E-state index contributed by atoms with van der Waals surface area (Å²) < 4.78 is 30.3. The van der Waals surface area contributed by atoms with E-state index in [1.807, 2.05) is 12.1 Å². The first kappa shape index (κ1) is 19.8. The highest BCUT2D eigenvalue weighted by atomic mass is 19.3. The fourth-order valence-electron chi connectivity index (χ4n) is 3.68. The molecule has 0 aromatic heterocycles. The van der Waals surface area contributed by atoms with Crippen molar-refractivity contribution in [3.63, 3.8) is 0 Å². The molecule has 1 aliphatic carbocycles. The molecular formula is C21H28F2N2O2. The largest absolute Gasteiger partial charge is 0.493 e. The first-order chi connectivity index (χ1) is 13.1. The van der Waals surface area contributed by atoms with Crippen molar-refractivity contribution in [2.45, 2.75) is 38.5 Å². The predicted molar refractivity (Wildman–Crippen MR) is 102 cm³/mol. The molecule has 4 nitrogen and oxygen atoms in total. The second kappa shape index (κ2) is 9.83. The fourth-order valence-corrected chi connectivity index (χ4v) is 3.68. The Morgan fingerprint density at radius 1 is 1.19 bits per heavy atom. The van der Waals surface area contributed by atoms with Crippen molar-refractivity contribution in [3.8, 4) is 5.75 Å². The maximum Gasteiger partial charge on any atom is 0.255 e. The summed E-state index contributed by atoms with van der Waals surface area (Å²) in [6, 6.07) is 8.11. The quantitative estimate of drug-likeness (QED) is 0.762. The van der Waals surface area contributed by atoms with E-state index in [1.54, 1.807) is 0 Å². The molecule has 0 radical (unpaired) electrons. The molecule has 1 atom stereocenters. The molecule has 0 saturated carbocycles. The third-order valence-corrected chi connectivity index (χ3v) is 5.38. The van der Waals surface area contributed by atoms with Crippen LogP contribution in [-0.2, 0) is 4.79 Å². The van der Waals surface area contributed by atoms with Gasteiger partial charge >= 0.3 is 0 Å². The minimum absolute atomic E-state index is 0.208. The van der Waals surface area contributed by atoms with Gasteiger partial charge < -0.3 is 15.4 Å². The fraction of sp³-hybridized carbons (Fsp3) is 0.571. The third kappa shape index (κ3) is 6.03. The summed E-state index contributed by atoms with van der Waals surface area (Å²) in [5.41, 5.74) is 2.34. The number of benzene rings is 1. The third-order valence-electron chi connectivity index (χ3n) is 5.38. The summed E-state index contributed by atoms with van der Waals surface area (Å²) in [7, 11) is 0. The molecule has 2 aliphatic rings. The van der Waals surface area contributed by atoms with Crippen LogP contribution in [0.25, 0.3) is 5.57 Å². The monoisotopic (exact) mass is 378 g/mol. The summed E-state index contributed by atoms with van der Waals surface area (Å²) in [5.74, 6) is 1.03. The van der Waals surface area contributed by atoms with Crippen LogP contribution < -0.4 is 15.4 Å². The van der Waals surface area contributed by atoms with Gasteiger partial charge in [-0.05, 0) is 74.4 Å². The average Bonchev–Trinajstić information content (AvgIpc) is 2.72.